The summed E-state index contributed by atoms with van der Waals surface area (Å²) in [5.41, 5.74) is -0.427. The molecule has 1 fully saturated rings. The number of aliphatic carboxylic acids is 1. The number of aliphatic hydroxyl groups is 1. The van der Waals surface area contributed by atoms with E-state index in [1.807, 2.05) is 11.8 Å². The Morgan fingerprint density at radius 3 is 2.86 bits per heavy atom. The highest BCUT2D eigenvalue weighted by Crippen LogP contribution is 2.37. The predicted molar refractivity (Wildman–Crippen MR) is 82.3 cm³/mol. The maximum Gasteiger partial charge on any atom is 0.312 e. The number of likely N-dealkylation sites (tertiary alicyclic amines) is 1. The van der Waals surface area contributed by atoms with E-state index in [0.717, 1.165) is 0 Å². The first kappa shape index (κ1) is 17.2. The minimum absolute atomic E-state index is 0.249. The summed E-state index contributed by atoms with van der Waals surface area (Å²) in [7, 11) is 0. The summed E-state index contributed by atoms with van der Waals surface area (Å²) in [6.45, 7) is 3.10. The van der Waals surface area contributed by atoms with E-state index < -0.39 is 17.5 Å². The van der Waals surface area contributed by atoms with Crippen LogP contribution in [0.15, 0.2) is 18.2 Å². The molecular weight excluding hydrogens is 309 g/mol. The number of carbonyl (C=O) groups is 1. The monoisotopic (exact) mass is 329 g/mol. The average Bonchev–Trinajstić information content (AvgIpc) is 2.46. The summed E-state index contributed by atoms with van der Waals surface area (Å²) >= 11 is 6.06. The van der Waals surface area contributed by atoms with Crippen LogP contribution in [0.3, 0.4) is 0 Å². The fourth-order valence-corrected chi connectivity index (χ4v) is 3.36. The number of hydrogen-bond acceptors (Lipinski definition) is 3. The summed E-state index contributed by atoms with van der Waals surface area (Å²) in [6.07, 6.45) is 0.604. The summed E-state index contributed by atoms with van der Waals surface area (Å²) in [4.78, 5) is 13.5. The largest absolute Gasteiger partial charge is 0.481 e. The molecule has 1 saturated heterocycles. The number of nitrogens with zero attached hydrogens (tertiary/aromatic N) is 1. The number of β-amino-alcohol motifs (C(OH)–C–C–N with tert-alkyl or cyclic N) is 1. The van der Waals surface area contributed by atoms with E-state index in [4.69, 9.17) is 11.6 Å². The van der Waals surface area contributed by atoms with Gasteiger partial charge in [-0.25, -0.2) is 4.39 Å². The molecule has 0 spiro atoms. The van der Waals surface area contributed by atoms with Crippen LogP contribution in [-0.4, -0.2) is 40.3 Å². The minimum Gasteiger partial charge on any atom is -0.481 e. The van der Waals surface area contributed by atoms with Crippen molar-refractivity contribution in [1.82, 2.24) is 4.90 Å². The van der Waals surface area contributed by atoms with E-state index in [1.54, 1.807) is 0 Å². The Morgan fingerprint density at radius 1 is 1.55 bits per heavy atom. The highest BCUT2D eigenvalue weighted by atomic mass is 35.5. The normalized spacial score (nSPS) is 26.1. The van der Waals surface area contributed by atoms with E-state index in [0.29, 0.717) is 42.9 Å². The molecule has 0 unspecified atom stereocenters. The molecule has 0 aliphatic carbocycles. The lowest BCUT2D eigenvalue weighted by atomic mass is 9.73. The lowest BCUT2D eigenvalue weighted by Crippen LogP contribution is -2.54. The molecule has 2 N–H and O–H groups in total. The smallest absolute Gasteiger partial charge is 0.312 e. The lowest BCUT2D eigenvalue weighted by molar-refractivity contribution is -0.164. The van der Waals surface area contributed by atoms with Crippen LogP contribution >= 0.6 is 11.6 Å². The van der Waals surface area contributed by atoms with Crippen LogP contribution in [-0.2, 0) is 11.3 Å². The third-order valence-electron chi connectivity index (χ3n) is 4.47. The lowest BCUT2D eigenvalue weighted by Gasteiger charge is -2.42. The van der Waals surface area contributed by atoms with Crippen molar-refractivity contribution in [3.05, 3.63) is 34.6 Å². The van der Waals surface area contributed by atoms with Crippen molar-refractivity contribution in [3.8, 4) is 0 Å². The fourth-order valence-electron chi connectivity index (χ4n) is 3.18. The van der Waals surface area contributed by atoms with Crippen molar-refractivity contribution in [2.75, 3.05) is 13.1 Å². The Hall–Kier alpha value is -1.17. The summed E-state index contributed by atoms with van der Waals surface area (Å²) in [5.74, 6) is -1.30. The summed E-state index contributed by atoms with van der Waals surface area (Å²) < 4.78 is 13.3. The van der Waals surface area contributed by atoms with Gasteiger partial charge in [-0.3, -0.25) is 9.69 Å². The first-order valence-electron chi connectivity index (χ1n) is 7.47. The second kappa shape index (κ2) is 6.94. The number of halogens is 2. The summed E-state index contributed by atoms with van der Waals surface area (Å²) in [6, 6.07) is 4.18. The maximum absolute atomic E-state index is 13.3. The Morgan fingerprint density at radius 2 is 2.27 bits per heavy atom. The molecule has 0 aromatic heterocycles. The first-order chi connectivity index (χ1) is 10.4. The molecule has 1 aromatic rings. The number of carboxylic acids is 1. The van der Waals surface area contributed by atoms with Crippen LogP contribution in [0.4, 0.5) is 4.39 Å². The topological polar surface area (TPSA) is 60.8 Å². The van der Waals surface area contributed by atoms with Gasteiger partial charge in [0.25, 0.3) is 0 Å². The fraction of sp³-hybridized carbons (Fsp3) is 0.562. The van der Waals surface area contributed by atoms with E-state index in [-0.39, 0.29) is 12.4 Å². The van der Waals surface area contributed by atoms with Crippen molar-refractivity contribution in [2.45, 2.75) is 38.8 Å². The average molecular weight is 330 g/mol. The van der Waals surface area contributed by atoms with Crippen molar-refractivity contribution >= 4 is 17.6 Å². The molecule has 4 nitrogen and oxygen atoms in total. The molecule has 0 bridgehead atoms. The molecule has 1 heterocycles. The number of hydrogen-bond donors (Lipinski definition) is 2. The second-order valence-electron chi connectivity index (χ2n) is 5.95. The van der Waals surface area contributed by atoms with E-state index in [2.05, 4.69) is 0 Å². The van der Waals surface area contributed by atoms with Gasteiger partial charge in [0, 0.05) is 18.1 Å². The van der Waals surface area contributed by atoms with Crippen LogP contribution < -0.4 is 0 Å². The third-order valence-corrected chi connectivity index (χ3v) is 4.84. The van der Waals surface area contributed by atoms with Gasteiger partial charge in [0.2, 0.25) is 0 Å². The van der Waals surface area contributed by atoms with Gasteiger partial charge in [0.05, 0.1) is 11.5 Å². The van der Waals surface area contributed by atoms with E-state index in [9.17, 15) is 19.4 Å². The van der Waals surface area contributed by atoms with Crippen LogP contribution in [0, 0.1) is 11.2 Å². The molecule has 0 amide bonds. The molecule has 0 saturated carbocycles. The first-order valence-corrected chi connectivity index (χ1v) is 7.84. The third kappa shape index (κ3) is 3.42. The minimum atomic E-state index is -1.07. The van der Waals surface area contributed by atoms with Crippen molar-refractivity contribution in [3.63, 3.8) is 0 Å². The Bertz CT molecular complexity index is 554. The zero-order valence-electron chi connectivity index (χ0n) is 12.6. The number of aliphatic hydroxyl groups excluding tert-OH is 1. The van der Waals surface area contributed by atoms with E-state index in [1.165, 1.54) is 18.2 Å². The van der Waals surface area contributed by atoms with Gasteiger partial charge in [0.1, 0.15) is 5.82 Å². The molecule has 6 heteroatoms. The number of rotatable bonds is 5. The van der Waals surface area contributed by atoms with Gasteiger partial charge >= 0.3 is 5.97 Å². The quantitative estimate of drug-likeness (QED) is 0.872. The van der Waals surface area contributed by atoms with Crippen LogP contribution in [0.1, 0.15) is 31.7 Å². The molecule has 122 valence electrons. The predicted octanol–water partition coefficient (Wildman–Crippen LogP) is 2.92. The highest BCUT2D eigenvalue weighted by molar-refractivity contribution is 6.31. The molecule has 2 rings (SSSR count). The molecule has 0 radical (unpaired) electrons. The summed E-state index contributed by atoms with van der Waals surface area (Å²) in [5, 5.41) is 20.3. The zero-order chi connectivity index (χ0) is 16.3. The Labute approximate surface area is 134 Å². The molecule has 2 atom stereocenters. The standard InChI is InChI=1S/C16H21ClFNO3/c1-2-5-16(15(21)22)6-7-19(10-14(16)20)9-11-8-12(18)3-4-13(11)17/h3-4,8,14,20H,2,5-7,9-10H2,1H3,(H,21,22)/t14-,16+/m1/s1. The van der Waals surface area contributed by atoms with Crippen LogP contribution in [0.25, 0.3) is 0 Å². The Balaban J connectivity index is 2.09. The molecule has 1 aromatic carbocycles. The van der Waals surface area contributed by atoms with Gasteiger partial charge < -0.3 is 10.2 Å². The SMILES string of the molecule is CCC[C@]1(C(=O)O)CCN(Cc2cc(F)ccc2Cl)C[C@H]1O. The van der Waals surface area contributed by atoms with Gasteiger partial charge in [0.15, 0.2) is 0 Å². The van der Waals surface area contributed by atoms with Crippen molar-refractivity contribution in [2.24, 2.45) is 5.41 Å². The van der Waals surface area contributed by atoms with Gasteiger partial charge in [-0.2, -0.15) is 0 Å². The number of benzene rings is 1. The van der Waals surface area contributed by atoms with Crippen molar-refractivity contribution < 1.29 is 19.4 Å². The van der Waals surface area contributed by atoms with Crippen LogP contribution in [0.5, 0.6) is 0 Å². The van der Waals surface area contributed by atoms with Crippen molar-refractivity contribution in [1.29, 1.82) is 0 Å². The zero-order valence-corrected chi connectivity index (χ0v) is 13.3. The maximum atomic E-state index is 13.3. The molecule has 22 heavy (non-hydrogen) atoms. The molecule has 1 aliphatic rings. The van der Waals surface area contributed by atoms with Gasteiger partial charge in [-0.05, 0) is 43.1 Å². The van der Waals surface area contributed by atoms with Crippen LogP contribution in [0.2, 0.25) is 5.02 Å². The number of carboxylic acid groups (broad SMARTS) is 1. The second-order valence-corrected chi connectivity index (χ2v) is 6.36. The number of piperidine rings is 1. The van der Waals surface area contributed by atoms with Gasteiger partial charge in [-0.1, -0.05) is 24.9 Å². The Kier molecular flexibility index (Phi) is 5.42. The molecular formula is C16H21ClFNO3. The highest BCUT2D eigenvalue weighted by Gasteiger charge is 2.47. The van der Waals surface area contributed by atoms with E-state index >= 15 is 0 Å². The molecule has 1 aliphatic heterocycles. The van der Waals surface area contributed by atoms with Gasteiger partial charge in [-0.15, -0.1) is 0 Å².